The number of benzene rings is 4. The van der Waals surface area contributed by atoms with Crippen LogP contribution in [0.1, 0.15) is 21.5 Å². The van der Waals surface area contributed by atoms with Gasteiger partial charge in [0.05, 0.1) is 5.52 Å². The van der Waals surface area contributed by atoms with E-state index >= 15 is 0 Å². The van der Waals surface area contributed by atoms with Crippen LogP contribution >= 0.6 is 0 Å². The third-order valence-electron chi connectivity index (χ3n) is 6.14. The minimum Gasteiger partial charge on any atom is -0.490 e. The Bertz CT molecular complexity index is 1520. The summed E-state index contributed by atoms with van der Waals surface area (Å²) in [6, 6.07) is 29.2. The highest BCUT2D eigenvalue weighted by Crippen LogP contribution is 2.33. The van der Waals surface area contributed by atoms with Crippen molar-refractivity contribution in [2.45, 2.75) is 13.0 Å². The summed E-state index contributed by atoms with van der Waals surface area (Å²) in [5.41, 5.74) is 5.67. The van der Waals surface area contributed by atoms with Crippen molar-refractivity contribution in [2.24, 2.45) is 0 Å². The molecule has 0 amide bonds. The molecule has 0 aliphatic rings. The lowest BCUT2D eigenvalue weighted by Crippen LogP contribution is -2.26. The van der Waals surface area contributed by atoms with Gasteiger partial charge < -0.3 is 20.1 Å². The van der Waals surface area contributed by atoms with Gasteiger partial charge in [0.1, 0.15) is 18.5 Å². The predicted molar refractivity (Wildman–Crippen MR) is 147 cm³/mol. The fourth-order valence-corrected chi connectivity index (χ4v) is 4.17. The van der Waals surface area contributed by atoms with Crippen molar-refractivity contribution >= 4 is 39.4 Å². The van der Waals surface area contributed by atoms with E-state index in [9.17, 15) is 9.90 Å². The predicted octanol–water partition coefficient (Wildman–Crippen LogP) is 6.38. The van der Waals surface area contributed by atoms with Gasteiger partial charge in [0, 0.05) is 34.1 Å². The Kier molecular flexibility index (Phi) is 6.83. The van der Waals surface area contributed by atoms with Crippen molar-refractivity contribution in [1.29, 1.82) is 0 Å². The molecule has 1 unspecified atom stereocenters. The van der Waals surface area contributed by atoms with Crippen molar-refractivity contribution in [3.8, 4) is 5.75 Å². The Balaban J connectivity index is 1.15. The molecule has 36 heavy (non-hydrogen) atoms. The van der Waals surface area contributed by atoms with Crippen LogP contribution in [-0.2, 0) is 0 Å². The van der Waals surface area contributed by atoms with E-state index in [2.05, 4.69) is 16.4 Å². The number of aliphatic hydroxyl groups is 1. The number of ether oxygens (including phenoxy) is 1. The van der Waals surface area contributed by atoms with Crippen LogP contribution in [-0.4, -0.2) is 35.1 Å². The maximum Gasteiger partial charge on any atom is 0.185 e. The Morgan fingerprint density at radius 1 is 0.944 bits per heavy atom. The highest BCUT2D eigenvalue weighted by molar-refractivity contribution is 6.10. The highest BCUT2D eigenvalue weighted by atomic mass is 16.5. The molecule has 0 saturated carbocycles. The number of carbonyl (C=O) groups excluding carboxylic acids is 1. The number of aromatic amines is 1. The number of hydrogen-bond acceptors (Lipinski definition) is 4. The lowest BCUT2D eigenvalue weighted by molar-refractivity contribution is 0.104. The van der Waals surface area contributed by atoms with Crippen molar-refractivity contribution in [1.82, 2.24) is 4.98 Å². The van der Waals surface area contributed by atoms with Gasteiger partial charge >= 0.3 is 0 Å². The number of carbonyl (C=O) groups is 1. The van der Waals surface area contributed by atoms with Crippen molar-refractivity contribution in [3.63, 3.8) is 0 Å². The third kappa shape index (κ3) is 5.32. The van der Waals surface area contributed by atoms with E-state index in [1.54, 1.807) is 18.2 Å². The lowest BCUT2D eigenvalue weighted by atomic mass is 10.1. The molecule has 0 aliphatic carbocycles. The molecule has 0 fully saturated rings. The quantitative estimate of drug-likeness (QED) is 0.171. The SMILES string of the molecule is Cc1ccc(C=CC(=O)c2ccc(NCC(O)COc3cccc4[nH]c5ccccc5c34)cc2)cc1. The van der Waals surface area contributed by atoms with Gasteiger partial charge in [-0.05, 0) is 61.0 Å². The number of H-pyrrole nitrogens is 1. The fraction of sp³-hybridized carbons (Fsp3) is 0.129. The van der Waals surface area contributed by atoms with E-state index in [0.717, 1.165) is 38.8 Å². The first-order valence-corrected chi connectivity index (χ1v) is 12.0. The van der Waals surface area contributed by atoms with Gasteiger partial charge in [-0.15, -0.1) is 0 Å². The van der Waals surface area contributed by atoms with Gasteiger partial charge in [0.15, 0.2) is 5.78 Å². The number of aliphatic hydroxyl groups excluding tert-OH is 1. The summed E-state index contributed by atoms with van der Waals surface area (Å²) >= 11 is 0. The number of para-hydroxylation sites is 1. The summed E-state index contributed by atoms with van der Waals surface area (Å²) in [6.07, 6.45) is 2.70. The van der Waals surface area contributed by atoms with Crippen LogP contribution in [0.15, 0.2) is 97.1 Å². The number of hydrogen-bond donors (Lipinski definition) is 3. The molecule has 4 aromatic carbocycles. The van der Waals surface area contributed by atoms with Crippen LogP contribution in [0.5, 0.6) is 5.75 Å². The van der Waals surface area contributed by atoms with Crippen molar-refractivity contribution < 1.29 is 14.6 Å². The average Bonchev–Trinajstić information content (AvgIpc) is 3.30. The number of ketones is 1. The van der Waals surface area contributed by atoms with E-state index in [1.807, 2.05) is 85.8 Å². The van der Waals surface area contributed by atoms with E-state index in [4.69, 9.17) is 4.74 Å². The second kappa shape index (κ2) is 10.5. The summed E-state index contributed by atoms with van der Waals surface area (Å²) < 4.78 is 5.99. The fourth-order valence-electron chi connectivity index (χ4n) is 4.17. The van der Waals surface area contributed by atoms with Crippen LogP contribution in [0.3, 0.4) is 0 Å². The smallest absolute Gasteiger partial charge is 0.185 e. The van der Waals surface area contributed by atoms with Gasteiger partial charge in [-0.3, -0.25) is 4.79 Å². The zero-order chi connectivity index (χ0) is 24.9. The van der Waals surface area contributed by atoms with Crippen LogP contribution < -0.4 is 10.1 Å². The number of rotatable bonds is 9. The molecule has 0 aliphatic heterocycles. The molecule has 3 N–H and O–H groups in total. The molecule has 0 radical (unpaired) electrons. The van der Waals surface area contributed by atoms with Gasteiger partial charge in [-0.1, -0.05) is 60.2 Å². The Morgan fingerprint density at radius 2 is 1.69 bits per heavy atom. The minimum atomic E-state index is -0.704. The molecule has 5 heteroatoms. The monoisotopic (exact) mass is 476 g/mol. The van der Waals surface area contributed by atoms with E-state index in [-0.39, 0.29) is 12.4 Å². The van der Waals surface area contributed by atoms with Gasteiger partial charge in [0.2, 0.25) is 0 Å². The first-order valence-electron chi connectivity index (χ1n) is 12.0. The number of fused-ring (bicyclic) bond motifs is 3. The Morgan fingerprint density at radius 3 is 2.50 bits per heavy atom. The third-order valence-corrected chi connectivity index (χ3v) is 6.14. The van der Waals surface area contributed by atoms with Gasteiger partial charge in [-0.2, -0.15) is 0 Å². The van der Waals surface area contributed by atoms with Crippen LogP contribution in [0.25, 0.3) is 27.9 Å². The van der Waals surface area contributed by atoms with Crippen molar-refractivity contribution in [3.05, 3.63) is 114 Å². The molecule has 5 aromatic rings. The van der Waals surface area contributed by atoms with E-state index in [0.29, 0.717) is 12.1 Å². The summed E-state index contributed by atoms with van der Waals surface area (Å²) in [6.45, 7) is 2.52. The molecule has 1 heterocycles. The molecule has 5 rings (SSSR count). The number of aromatic nitrogens is 1. The highest BCUT2D eigenvalue weighted by Gasteiger charge is 2.12. The Labute approximate surface area is 210 Å². The summed E-state index contributed by atoms with van der Waals surface area (Å²) in [7, 11) is 0. The summed E-state index contributed by atoms with van der Waals surface area (Å²) in [5, 5.41) is 15.8. The first-order chi connectivity index (χ1) is 17.6. The standard InChI is InChI=1S/C31H28N2O3/c1-21-9-11-22(12-10-21)13-18-29(35)23-14-16-24(17-15-23)32-19-25(34)20-36-30-8-4-7-28-31(30)26-5-2-3-6-27(26)33-28/h2-18,25,32-34H,19-20H2,1H3. The minimum absolute atomic E-state index is 0.0537. The molecule has 1 atom stereocenters. The molecule has 5 nitrogen and oxygen atoms in total. The maximum atomic E-state index is 12.5. The summed E-state index contributed by atoms with van der Waals surface area (Å²) in [4.78, 5) is 15.9. The number of aryl methyl sites for hydroxylation is 1. The zero-order valence-corrected chi connectivity index (χ0v) is 20.1. The second-order valence-electron chi connectivity index (χ2n) is 8.88. The molecular formula is C31H28N2O3. The van der Waals surface area contributed by atoms with E-state index < -0.39 is 6.10 Å². The maximum absolute atomic E-state index is 12.5. The second-order valence-corrected chi connectivity index (χ2v) is 8.88. The molecular weight excluding hydrogens is 448 g/mol. The van der Waals surface area contributed by atoms with Gasteiger partial charge in [-0.25, -0.2) is 0 Å². The lowest BCUT2D eigenvalue weighted by Gasteiger charge is -2.15. The van der Waals surface area contributed by atoms with E-state index in [1.165, 1.54) is 5.56 Å². The number of allylic oxidation sites excluding steroid dienone is 1. The number of anilines is 1. The molecule has 180 valence electrons. The Hall–Kier alpha value is -4.35. The molecule has 0 saturated heterocycles. The zero-order valence-electron chi connectivity index (χ0n) is 20.1. The number of nitrogens with one attached hydrogen (secondary N) is 2. The van der Waals surface area contributed by atoms with Gasteiger partial charge in [0.25, 0.3) is 0 Å². The molecule has 0 spiro atoms. The normalized spacial score (nSPS) is 12.3. The average molecular weight is 477 g/mol. The van der Waals surface area contributed by atoms with Crippen LogP contribution in [0.2, 0.25) is 0 Å². The molecule has 0 bridgehead atoms. The van der Waals surface area contributed by atoms with Crippen LogP contribution in [0, 0.1) is 6.92 Å². The molecule has 1 aromatic heterocycles. The summed E-state index contributed by atoms with van der Waals surface area (Å²) in [5.74, 6) is 0.688. The van der Waals surface area contributed by atoms with Crippen LogP contribution in [0.4, 0.5) is 5.69 Å². The van der Waals surface area contributed by atoms with Crippen molar-refractivity contribution in [2.75, 3.05) is 18.5 Å². The largest absolute Gasteiger partial charge is 0.490 e. The topological polar surface area (TPSA) is 74.3 Å². The first kappa shape index (κ1) is 23.4.